The van der Waals surface area contributed by atoms with Gasteiger partial charge in [-0.3, -0.25) is 19.3 Å². The second-order valence-corrected chi connectivity index (χ2v) is 4.28. The molecule has 106 valence electrons. The molecular weight excluding hydrogens is 277 g/mol. The van der Waals surface area contributed by atoms with Crippen LogP contribution >= 0.6 is 0 Å². The molecule has 1 heterocycles. The maximum absolute atomic E-state index is 13.0. The first kappa shape index (κ1) is 14.0. The molecule has 5 nitrogen and oxygen atoms in total. The fourth-order valence-electron chi connectivity index (χ4n) is 1.80. The first-order chi connectivity index (χ1) is 9.31. The van der Waals surface area contributed by atoms with Crippen molar-refractivity contribution in [1.82, 2.24) is 10.2 Å². The fourth-order valence-corrected chi connectivity index (χ4v) is 1.80. The van der Waals surface area contributed by atoms with Crippen molar-refractivity contribution in [1.29, 1.82) is 0 Å². The predicted molar refractivity (Wildman–Crippen MR) is 60.0 cm³/mol. The van der Waals surface area contributed by atoms with E-state index in [0.717, 1.165) is 4.90 Å². The van der Waals surface area contributed by atoms with E-state index in [0.29, 0.717) is 12.1 Å². The minimum atomic E-state index is -1.69. The summed E-state index contributed by atoms with van der Waals surface area (Å²) in [5.41, 5.74) is -0.476. The number of nitrogens with one attached hydrogen (secondary N) is 1. The summed E-state index contributed by atoms with van der Waals surface area (Å²) in [6.07, 6.45) is -0.229. The number of likely N-dealkylation sites (N-methyl/N-ethyl adjacent to an activating group) is 1. The molecule has 1 aliphatic heterocycles. The largest absolute Gasteiger partial charge is 0.340 e. The number of halogens is 3. The van der Waals surface area contributed by atoms with Crippen molar-refractivity contribution in [2.45, 2.75) is 12.5 Å². The normalized spacial score (nSPS) is 18.6. The Morgan fingerprint density at radius 3 is 2.25 bits per heavy atom. The zero-order valence-electron chi connectivity index (χ0n) is 10.2. The van der Waals surface area contributed by atoms with Gasteiger partial charge in [-0.1, -0.05) is 0 Å². The molecule has 0 aliphatic carbocycles. The third-order valence-electron chi connectivity index (χ3n) is 2.93. The Labute approximate surface area is 111 Å². The predicted octanol–water partition coefficient (Wildman–Crippen LogP) is 0.591. The van der Waals surface area contributed by atoms with Gasteiger partial charge in [-0.05, 0) is 12.1 Å². The van der Waals surface area contributed by atoms with Gasteiger partial charge < -0.3 is 5.32 Å². The average molecular weight is 286 g/mol. The van der Waals surface area contributed by atoms with Crippen molar-refractivity contribution in [2.75, 3.05) is 7.05 Å². The van der Waals surface area contributed by atoms with E-state index in [1.165, 1.54) is 7.05 Å². The number of amides is 3. The molecule has 1 aromatic rings. The van der Waals surface area contributed by atoms with E-state index in [1.807, 2.05) is 0 Å². The van der Waals surface area contributed by atoms with E-state index in [9.17, 15) is 27.6 Å². The maximum Gasteiger partial charge on any atom is 0.252 e. The molecule has 20 heavy (non-hydrogen) atoms. The second-order valence-electron chi connectivity index (χ2n) is 4.28. The summed E-state index contributed by atoms with van der Waals surface area (Å²) in [6, 6.07) is -0.0617. The van der Waals surface area contributed by atoms with Crippen molar-refractivity contribution in [3.05, 3.63) is 35.1 Å². The molecule has 1 atom stereocenters. The quantitative estimate of drug-likeness (QED) is 0.639. The Balaban J connectivity index is 2.17. The molecule has 0 spiro atoms. The SMILES string of the molecule is CN1C(=O)CC(NC(=O)c2cc(F)c(F)c(F)c2)C1=O. The lowest BCUT2D eigenvalue weighted by Crippen LogP contribution is -2.40. The van der Waals surface area contributed by atoms with Crippen LogP contribution < -0.4 is 5.32 Å². The van der Waals surface area contributed by atoms with Crippen molar-refractivity contribution < 1.29 is 27.6 Å². The minimum absolute atomic E-state index is 0.229. The molecular formula is C12H9F3N2O3. The molecule has 8 heteroatoms. The zero-order valence-corrected chi connectivity index (χ0v) is 10.2. The van der Waals surface area contributed by atoms with Gasteiger partial charge in [0.15, 0.2) is 17.5 Å². The molecule has 1 fully saturated rings. The highest BCUT2D eigenvalue weighted by molar-refractivity contribution is 6.08. The van der Waals surface area contributed by atoms with Crippen molar-refractivity contribution in [3.63, 3.8) is 0 Å². The number of rotatable bonds is 2. The Morgan fingerprint density at radius 1 is 1.25 bits per heavy atom. The molecule has 0 aromatic heterocycles. The first-order valence-corrected chi connectivity index (χ1v) is 5.57. The molecule has 1 aliphatic rings. The van der Waals surface area contributed by atoms with Crippen LogP contribution in [0.25, 0.3) is 0 Å². The highest BCUT2D eigenvalue weighted by atomic mass is 19.2. The molecule has 0 radical (unpaired) electrons. The number of imide groups is 1. The highest BCUT2D eigenvalue weighted by Crippen LogP contribution is 2.15. The van der Waals surface area contributed by atoms with E-state index in [4.69, 9.17) is 0 Å². The van der Waals surface area contributed by atoms with E-state index < -0.39 is 46.8 Å². The zero-order chi connectivity index (χ0) is 15.0. The van der Waals surface area contributed by atoms with Gasteiger partial charge in [-0.15, -0.1) is 0 Å². The topological polar surface area (TPSA) is 66.5 Å². The summed E-state index contributed by atoms with van der Waals surface area (Å²) >= 11 is 0. The second kappa shape index (κ2) is 4.95. The molecule has 1 N–H and O–H groups in total. The summed E-state index contributed by atoms with van der Waals surface area (Å²) in [5, 5.41) is 2.17. The summed E-state index contributed by atoms with van der Waals surface area (Å²) in [7, 11) is 1.26. The van der Waals surface area contributed by atoms with E-state index >= 15 is 0 Å². The Hall–Kier alpha value is -2.38. The van der Waals surface area contributed by atoms with Gasteiger partial charge in [0.2, 0.25) is 5.91 Å². The summed E-state index contributed by atoms with van der Waals surface area (Å²) < 4.78 is 38.7. The molecule has 1 aromatic carbocycles. The number of carbonyl (C=O) groups is 3. The number of hydrogen-bond donors (Lipinski definition) is 1. The first-order valence-electron chi connectivity index (χ1n) is 5.57. The molecule has 0 bridgehead atoms. The van der Waals surface area contributed by atoms with Gasteiger partial charge >= 0.3 is 0 Å². The molecule has 2 rings (SSSR count). The highest BCUT2D eigenvalue weighted by Gasteiger charge is 2.37. The molecule has 1 saturated heterocycles. The van der Waals surface area contributed by atoms with Crippen LogP contribution in [0.2, 0.25) is 0 Å². The lowest BCUT2D eigenvalue weighted by Gasteiger charge is -2.11. The molecule has 0 saturated carbocycles. The standard InChI is InChI=1S/C12H9F3N2O3/c1-17-9(18)4-8(12(17)20)16-11(19)5-2-6(13)10(15)7(14)3-5/h2-3,8H,4H2,1H3,(H,16,19). The van der Waals surface area contributed by atoms with Gasteiger partial charge in [0.25, 0.3) is 11.8 Å². The number of hydrogen-bond acceptors (Lipinski definition) is 3. The summed E-state index contributed by atoms with van der Waals surface area (Å²) in [6.45, 7) is 0. The van der Waals surface area contributed by atoms with Gasteiger partial charge in [-0.25, -0.2) is 13.2 Å². The fraction of sp³-hybridized carbons (Fsp3) is 0.250. The molecule has 3 amide bonds. The maximum atomic E-state index is 13.0. The lowest BCUT2D eigenvalue weighted by atomic mass is 10.1. The number of nitrogens with zero attached hydrogens (tertiary/aromatic N) is 1. The van der Waals surface area contributed by atoms with Crippen LogP contribution in [0.4, 0.5) is 13.2 Å². The van der Waals surface area contributed by atoms with Gasteiger partial charge in [-0.2, -0.15) is 0 Å². The van der Waals surface area contributed by atoms with Gasteiger partial charge in [0.05, 0.1) is 6.42 Å². The van der Waals surface area contributed by atoms with Crippen molar-refractivity contribution in [3.8, 4) is 0 Å². The Bertz CT molecular complexity index is 595. The van der Waals surface area contributed by atoms with Crippen LogP contribution in [0, 0.1) is 17.5 Å². The van der Waals surface area contributed by atoms with Crippen LogP contribution in [0.15, 0.2) is 12.1 Å². The monoisotopic (exact) mass is 286 g/mol. The Morgan fingerprint density at radius 2 is 1.80 bits per heavy atom. The van der Waals surface area contributed by atoms with E-state index in [-0.39, 0.29) is 6.42 Å². The average Bonchev–Trinajstić information content (AvgIpc) is 2.63. The lowest BCUT2D eigenvalue weighted by molar-refractivity contribution is -0.137. The van der Waals surface area contributed by atoms with Crippen LogP contribution in [-0.4, -0.2) is 35.7 Å². The van der Waals surface area contributed by atoms with Gasteiger partial charge in [0, 0.05) is 12.6 Å². The van der Waals surface area contributed by atoms with Crippen molar-refractivity contribution in [2.24, 2.45) is 0 Å². The van der Waals surface area contributed by atoms with Crippen LogP contribution in [0.5, 0.6) is 0 Å². The Kier molecular flexibility index (Phi) is 3.47. The third-order valence-corrected chi connectivity index (χ3v) is 2.93. The molecule has 1 unspecified atom stereocenters. The van der Waals surface area contributed by atoms with Gasteiger partial charge in [0.1, 0.15) is 6.04 Å². The van der Waals surface area contributed by atoms with Crippen LogP contribution in [0.1, 0.15) is 16.8 Å². The van der Waals surface area contributed by atoms with Crippen molar-refractivity contribution >= 4 is 17.7 Å². The van der Waals surface area contributed by atoms with Crippen LogP contribution in [-0.2, 0) is 9.59 Å². The van der Waals surface area contributed by atoms with E-state index in [1.54, 1.807) is 0 Å². The number of benzene rings is 1. The summed E-state index contributed by atoms with van der Waals surface area (Å²) in [5.74, 6) is -6.77. The number of carbonyl (C=O) groups excluding carboxylic acids is 3. The number of likely N-dealkylation sites (tertiary alicyclic amines) is 1. The van der Waals surface area contributed by atoms with Crippen LogP contribution in [0.3, 0.4) is 0 Å². The third kappa shape index (κ3) is 2.36. The summed E-state index contributed by atoms with van der Waals surface area (Å²) in [4.78, 5) is 35.4. The van der Waals surface area contributed by atoms with E-state index in [2.05, 4.69) is 5.32 Å². The smallest absolute Gasteiger partial charge is 0.252 e. The minimum Gasteiger partial charge on any atom is -0.340 e.